The van der Waals surface area contributed by atoms with Crippen LogP contribution in [0.3, 0.4) is 0 Å². The molecular weight excluding hydrogens is 352 g/mol. The van der Waals surface area contributed by atoms with Gasteiger partial charge in [0.15, 0.2) is 0 Å². The number of nitrogens with zero attached hydrogens (tertiary/aromatic N) is 6. The van der Waals surface area contributed by atoms with Crippen molar-refractivity contribution in [3.05, 3.63) is 58.8 Å². The molecule has 0 unspecified atom stereocenters. The Kier molecular flexibility index (Phi) is 4.19. The molecule has 0 saturated carbocycles. The van der Waals surface area contributed by atoms with Crippen molar-refractivity contribution >= 4 is 0 Å². The van der Waals surface area contributed by atoms with E-state index in [1.165, 1.54) is 12.1 Å². The highest BCUT2D eigenvalue weighted by molar-refractivity contribution is 5.54. The highest BCUT2D eigenvalue weighted by Crippen LogP contribution is 2.36. The molecule has 2 aliphatic rings. The number of imidazole rings is 2. The largest absolute Gasteiger partial charge is 0.337 e. The van der Waals surface area contributed by atoms with Gasteiger partial charge in [-0.25, -0.2) is 9.97 Å². The minimum Gasteiger partial charge on any atom is -0.337 e. The number of hydrogen-bond donors (Lipinski definition) is 0. The summed E-state index contributed by atoms with van der Waals surface area (Å²) in [6, 6.07) is 4.10. The summed E-state index contributed by atoms with van der Waals surface area (Å²) < 4.78 is 6.03. The van der Waals surface area contributed by atoms with Crippen molar-refractivity contribution in [1.29, 1.82) is 0 Å². The van der Waals surface area contributed by atoms with Crippen LogP contribution in [0.4, 0.5) is 0 Å². The first-order valence-corrected chi connectivity index (χ1v) is 10.1. The monoisotopic (exact) mass is 378 g/mol. The highest BCUT2D eigenvalue weighted by Gasteiger charge is 2.35. The minimum absolute atomic E-state index is 0.0941. The van der Waals surface area contributed by atoms with Crippen molar-refractivity contribution in [2.45, 2.75) is 38.9 Å². The first-order chi connectivity index (χ1) is 13.6. The molecule has 2 atom stereocenters. The summed E-state index contributed by atoms with van der Waals surface area (Å²) >= 11 is 0. The summed E-state index contributed by atoms with van der Waals surface area (Å²) in [5, 5.41) is 0. The molecule has 3 aromatic rings. The lowest BCUT2D eigenvalue weighted by Crippen LogP contribution is -2.47. The van der Waals surface area contributed by atoms with E-state index in [1.54, 1.807) is 6.20 Å². The lowest BCUT2D eigenvalue weighted by molar-refractivity contribution is 0.113. The van der Waals surface area contributed by atoms with E-state index in [1.807, 2.05) is 34.8 Å². The zero-order chi connectivity index (χ0) is 19.3. The molecule has 5 rings (SSSR count). The molecule has 7 nitrogen and oxygen atoms in total. The third-order valence-electron chi connectivity index (χ3n) is 6.18. The Balaban J connectivity index is 1.42. The molecule has 0 N–H and O–H groups in total. The average molecular weight is 378 g/mol. The second kappa shape index (κ2) is 6.74. The Labute approximate surface area is 164 Å². The molecule has 0 aliphatic carbocycles. The molecule has 3 aromatic heterocycles. The number of fused-ring (bicyclic) bond motifs is 4. The maximum atomic E-state index is 13.2. The highest BCUT2D eigenvalue weighted by atomic mass is 16.1. The smallest absolute Gasteiger partial charge is 0.261 e. The van der Waals surface area contributed by atoms with Crippen LogP contribution in [0, 0.1) is 5.92 Å². The van der Waals surface area contributed by atoms with Gasteiger partial charge < -0.3 is 13.7 Å². The number of likely N-dealkylation sites (tertiary alicyclic amines) is 1. The van der Waals surface area contributed by atoms with Crippen LogP contribution in [0.2, 0.25) is 0 Å². The van der Waals surface area contributed by atoms with Crippen molar-refractivity contribution in [1.82, 2.24) is 28.6 Å². The maximum absolute atomic E-state index is 13.2. The molecule has 146 valence electrons. The third-order valence-corrected chi connectivity index (χ3v) is 6.18. The number of piperidine rings is 1. The van der Waals surface area contributed by atoms with Gasteiger partial charge in [0.25, 0.3) is 5.56 Å². The van der Waals surface area contributed by atoms with Crippen molar-refractivity contribution in [2.24, 2.45) is 13.0 Å². The Morgan fingerprint density at radius 2 is 2.07 bits per heavy atom. The van der Waals surface area contributed by atoms with Crippen molar-refractivity contribution < 1.29 is 0 Å². The van der Waals surface area contributed by atoms with Crippen LogP contribution < -0.4 is 5.56 Å². The molecular formula is C21H26N6O. The van der Waals surface area contributed by atoms with Crippen LogP contribution in [0.5, 0.6) is 0 Å². The van der Waals surface area contributed by atoms with Gasteiger partial charge in [-0.1, -0.05) is 0 Å². The van der Waals surface area contributed by atoms with Crippen LogP contribution in [0.15, 0.2) is 41.8 Å². The first kappa shape index (κ1) is 17.4. The van der Waals surface area contributed by atoms with E-state index in [0.29, 0.717) is 17.4 Å². The van der Waals surface area contributed by atoms with Gasteiger partial charge in [0, 0.05) is 70.0 Å². The molecule has 0 amide bonds. The molecule has 0 radical (unpaired) electrons. The molecule has 0 spiro atoms. The molecule has 28 heavy (non-hydrogen) atoms. The normalized spacial score (nSPS) is 21.6. The van der Waals surface area contributed by atoms with Crippen molar-refractivity contribution in [3.63, 3.8) is 0 Å². The first-order valence-electron chi connectivity index (χ1n) is 10.1. The van der Waals surface area contributed by atoms with Gasteiger partial charge in [-0.15, -0.1) is 0 Å². The van der Waals surface area contributed by atoms with E-state index in [2.05, 4.69) is 38.6 Å². The van der Waals surface area contributed by atoms with Crippen LogP contribution in [-0.4, -0.2) is 41.7 Å². The Morgan fingerprint density at radius 3 is 2.82 bits per heavy atom. The summed E-state index contributed by atoms with van der Waals surface area (Å²) in [5.74, 6) is 1.65. The standard InChI is InChI=1S/C21H26N6O/c1-3-25-12-17(23-14-25)13-26-9-15-8-16(11-26)19-5-4-18(21(28)27(19)10-15)20-22-6-7-24(20)2/h4-7,12,14-16H,3,8-11,13H2,1-2H3/t15-,16+/m0/s1. The lowest BCUT2D eigenvalue weighted by atomic mass is 9.83. The van der Waals surface area contributed by atoms with Crippen LogP contribution in [0.25, 0.3) is 11.4 Å². The second-order valence-electron chi connectivity index (χ2n) is 8.14. The lowest BCUT2D eigenvalue weighted by Gasteiger charge is -2.42. The van der Waals surface area contributed by atoms with Crippen LogP contribution in [-0.2, 0) is 26.7 Å². The van der Waals surface area contributed by atoms with E-state index >= 15 is 0 Å². The number of rotatable bonds is 4. The molecule has 1 saturated heterocycles. The van der Waals surface area contributed by atoms with Gasteiger partial charge in [0.1, 0.15) is 5.82 Å². The summed E-state index contributed by atoms with van der Waals surface area (Å²) in [5.41, 5.74) is 3.09. The van der Waals surface area contributed by atoms with E-state index in [0.717, 1.165) is 44.2 Å². The van der Waals surface area contributed by atoms with Gasteiger partial charge in [-0.05, 0) is 31.4 Å². The van der Waals surface area contributed by atoms with Crippen LogP contribution >= 0.6 is 0 Å². The summed E-state index contributed by atoms with van der Waals surface area (Å²) in [6.45, 7) is 6.76. The predicted molar refractivity (Wildman–Crippen MR) is 107 cm³/mol. The number of aryl methyl sites for hydroxylation is 2. The Bertz CT molecular complexity index is 1060. The quantitative estimate of drug-likeness (QED) is 0.697. The second-order valence-corrected chi connectivity index (χ2v) is 8.14. The summed E-state index contributed by atoms with van der Waals surface area (Å²) in [4.78, 5) is 24.6. The molecule has 2 aliphatic heterocycles. The molecule has 0 aromatic carbocycles. The Hall–Kier alpha value is -2.67. The third kappa shape index (κ3) is 2.90. The molecule has 1 fully saturated rings. The van der Waals surface area contributed by atoms with Gasteiger partial charge in [0.2, 0.25) is 0 Å². The fourth-order valence-corrected chi connectivity index (χ4v) is 4.86. The van der Waals surface area contributed by atoms with E-state index < -0.39 is 0 Å². The van der Waals surface area contributed by atoms with Crippen LogP contribution in [0.1, 0.15) is 30.7 Å². The fourth-order valence-electron chi connectivity index (χ4n) is 4.86. The van der Waals surface area contributed by atoms with Gasteiger partial charge in [-0.3, -0.25) is 9.69 Å². The SMILES string of the molecule is CCn1cnc(CN2C[C@@H]3C[C@H](C2)c2ccc(-c4nccn4C)c(=O)n2C3)c1. The number of aromatic nitrogens is 5. The minimum atomic E-state index is 0.0941. The molecule has 7 heteroatoms. The number of pyridine rings is 1. The topological polar surface area (TPSA) is 60.9 Å². The van der Waals surface area contributed by atoms with E-state index in [-0.39, 0.29) is 5.56 Å². The van der Waals surface area contributed by atoms with Gasteiger partial charge in [0.05, 0.1) is 17.6 Å². The fraction of sp³-hybridized carbons (Fsp3) is 0.476. The summed E-state index contributed by atoms with van der Waals surface area (Å²) in [6.07, 6.45) is 8.84. The average Bonchev–Trinajstić information content (AvgIpc) is 3.31. The van der Waals surface area contributed by atoms with Gasteiger partial charge in [-0.2, -0.15) is 0 Å². The molecule has 5 heterocycles. The molecule has 2 bridgehead atoms. The number of hydrogen-bond acceptors (Lipinski definition) is 4. The van der Waals surface area contributed by atoms with E-state index in [4.69, 9.17) is 0 Å². The van der Waals surface area contributed by atoms with Gasteiger partial charge >= 0.3 is 0 Å². The maximum Gasteiger partial charge on any atom is 0.261 e. The Morgan fingerprint density at radius 1 is 1.18 bits per heavy atom. The van der Waals surface area contributed by atoms with Crippen molar-refractivity contribution in [2.75, 3.05) is 13.1 Å². The zero-order valence-corrected chi connectivity index (χ0v) is 16.5. The van der Waals surface area contributed by atoms with E-state index in [9.17, 15) is 4.79 Å². The summed E-state index contributed by atoms with van der Waals surface area (Å²) in [7, 11) is 1.93. The van der Waals surface area contributed by atoms with Crippen molar-refractivity contribution in [3.8, 4) is 11.4 Å². The predicted octanol–water partition coefficient (Wildman–Crippen LogP) is 2.08. The zero-order valence-electron chi connectivity index (χ0n) is 16.5.